The van der Waals surface area contributed by atoms with Crippen LogP contribution in [0.3, 0.4) is 0 Å². The smallest absolute Gasteiger partial charge is 0.405 e. The molecule has 0 unspecified atom stereocenters. The number of ether oxygens (including phenoxy) is 1. The van der Waals surface area contributed by atoms with Crippen molar-refractivity contribution in [2.24, 2.45) is 11.5 Å². The Kier molecular flexibility index (Phi) is 4.14. The van der Waals surface area contributed by atoms with Crippen LogP contribution in [0.1, 0.15) is 18.0 Å². The highest BCUT2D eigenvalue weighted by molar-refractivity contribution is 5.35. The Morgan fingerprint density at radius 3 is 2.44 bits per heavy atom. The predicted octanol–water partition coefficient (Wildman–Crippen LogP) is 1.93. The van der Waals surface area contributed by atoms with Gasteiger partial charge in [0, 0.05) is 11.6 Å². The molecular formula is C10H13F3N2O. The van der Waals surface area contributed by atoms with E-state index >= 15 is 0 Å². The van der Waals surface area contributed by atoms with Crippen LogP contribution in [0.15, 0.2) is 24.3 Å². The van der Waals surface area contributed by atoms with Crippen molar-refractivity contribution in [2.75, 3.05) is 6.54 Å². The highest BCUT2D eigenvalue weighted by atomic mass is 19.4. The van der Waals surface area contributed by atoms with E-state index in [4.69, 9.17) is 11.5 Å². The summed E-state index contributed by atoms with van der Waals surface area (Å²) in [4.78, 5) is 0. The first kappa shape index (κ1) is 12.8. The number of halogens is 3. The number of alkyl halides is 3. The standard InChI is InChI=1S/C10H13F3N2O/c11-10(12,13)16-9-4-2-1-3-7(9)8(15)5-6-14/h1-4,8H,5-6,14-15H2/t8-/m0/s1. The van der Waals surface area contributed by atoms with Crippen molar-refractivity contribution in [3.05, 3.63) is 29.8 Å². The Morgan fingerprint density at radius 2 is 1.88 bits per heavy atom. The fourth-order valence-electron chi connectivity index (χ4n) is 1.34. The summed E-state index contributed by atoms with van der Waals surface area (Å²) in [5, 5.41) is 0. The number of para-hydroxylation sites is 1. The molecule has 6 heteroatoms. The highest BCUT2D eigenvalue weighted by Crippen LogP contribution is 2.30. The van der Waals surface area contributed by atoms with Crippen molar-refractivity contribution in [3.63, 3.8) is 0 Å². The van der Waals surface area contributed by atoms with Crippen LogP contribution in [0.4, 0.5) is 13.2 Å². The number of rotatable bonds is 4. The van der Waals surface area contributed by atoms with E-state index in [1.54, 1.807) is 6.07 Å². The zero-order valence-electron chi connectivity index (χ0n) is 8.50. The van der Waals surface area contributed by atoms with E-state index in [1.807, 2.05) is 0 Å². The Morgan fingerprint density at radius 1 is 1.25 bits per heavy atom. The summed E-state index contributed by atoms with van der Waals surface area (Å²) in [5.41, 5.74) is 11.3. The monoisotopic (exact) mass is 234 g/mol. The maximum atomic E-state index is 12.1. The lowest BCUT2D eigenvalue weighted by Gasteiger charge is -2.17. The van der Waals surface area contributed by atoms with Gasteiger partial charge in [0.15, 0.2) is 0 Å². The van der Waals surface area contributed by atoms with E-state index in [-0.39, 0.29) is 5.75 Å². The molecule has 0 saturated carbocycles. The van der Waals surface area contributed by atoms with Gasteiger partial charge in [-0.15, -0.1) is 13.2 Å². The topological polar surface area (TPSA) is 61.3 Å². The number of benzene rings is 1. The van der Waals surface area contributed by atoms with E-state index < -0.39 is 12.4 Å². The average Bonchev–Trinajstić information content (AvgIpc) is 2.16. The van der Waals surface area contributed by atoms with Crippen LogP contribution in [-0.2, 0) is 0 Å². The summed E-state index contributed by atoms with van der Waals surface area (Å²) < 4.78 is 40.1. The Hall–Kier alpha value is -1.27. The molecule has 0 aliphatic rings. The van der Waals surface area contributed by atoms with Gasteiger partial charge in [-0.05, 0) is 19.0 Å². The molecule has 0 saturated heterocycles. The first-order chi connectivity index (χ1) is 7.44. The minimum Gasteiger partial charge on any atom is -0.405 e. The van der Waals surface area contributed by atoms with Crippen molar-refractivity contribution in [2.45, 2.75) is 18.8 Å². The van der Waals surface area contributed by atoms with Gasteiger partial charge in [-0.2, -0.15) is 0 Å². The van der Waals surface area contributed by atoms with Gasteiger partial charge in [-0.1, -0.05) is 18.2 Å². The van der Waals surface area contributed by atoms with Gasteiger partial charge in [0.1, 0.15) is 5.75 Å². The fourth-order valence-corrected chi connectivity index (χ4v) is 1.34. The third-order valence-corrected chi connectivity index (χ3v) is 2.02. The molecule has 0 heterocycles. The summed E-state index contributed by atoms with van der Waals surface area (Å²) in [7, 11) is 0. The van der Waals surface area contributed by atoms with E-state index in [2.05, 4.69) is 4.74 Å². The van der Waals surface area contributed by atoms with Gasteiger partial charge in [0.25, 0.3) is 0 Å². The van der Waals surface area contributed by atoms with Gasteiger partial charge in [-0.25, -0.2) is 0 Å². The number of hydrogen-bond acceptors (Lipinski definition) is 3. The molecule has 0 fully saturated rings. The van der Waals surface area contributed by atoms with Gasteiger partial charge in [0.05, 0.1) is 0 Å². The third-order valence-electron chi connectivity index (χ3n) is 2.02. The Labute approximate surface area is 91.2 Å². The number of hydrogen-bond donors (Lipinski definition) is 2. The maximum Gasteiger partial charge on any atom is 0.573 e. The third kappa shape index (κ3) is 3.71. The van der Waals surface area contributed by atoms with E-state index in [0.717, 1.165) is 0 Å². The van der Waals surface area contributed by atoms with Gasteiger partial charge >= 0.3 is 6.36 Å². The first-order valence-electron chi connectivity index (χ1n) is 4.74. The van der Waals surface area contributed by atoms with E-state index in [1.165, 1.54) is 18.2 Å². The molecule has 0 radical (unpaired) electrons. The predicted molar refractivity (Wildman–Crippen MR) is 53.7 cm³/mol. The molecule has 0 spiro atoms. The van der Waals surface area contributed by atoms with Crippen molar-refractivity contribution >= 4 is 0 Å². The summed E-state index contributed by atoms with van der Waals surface area (Å²) in [6, 6.07) is 5.25. The summed E-state index contributed by atoms with van der Waals surface area (Å²) in [6.07, 6.45) is -4.31. The quantitative estimate of drug-likeness (QED) is 0.836. The largest absolute Gasteiger partial charge is 0.573 e. The van der Waals surface area contributed by atoms with Crippen molar-refractivity contribution < 1.29 is 17.9 Å². The molecule has 0 aliphatic carbocycles. The SMILES string of the molecule is NCC[C@H](N)c1ccccc1OC(F)(F)F. The molecule has 90 valence electrons. The molecular weight excluding hydrogens is 221 g/mol. The second-order valence-electron chi connectivity index (χ2n) is 3.27. The molecule has 0 aromatic heterocycles. The lowest BCUT2D eigenvalue weighted by Crippen LogP contribution is -2.21. The van der Waals surface area contributed by atoms with Crippen LogP contribution >= 0.6 is 0 Å². The van der Waals surface area contributed by atoms with Crippen LogP contribution in [0.25, 0.3) is 0 Å². The lowest BCUT2D eigenvalue weighted by atomic mass is 10.0. The van der Waals surface area contributed by atoms with Gasteiger partial charge in [0.2, 0.25) is 0 Å². The summed E-state index contributed by atoms with van der Waals surface area (Å²) in [6.45, 7) is 0.307. The fraction of sp³-hybridized carbons (Fsp3) is 0.400. The van der Waals surface area contributed by atoms with Crippen molar-refractivity contribution in [1.29, 1.82) is 0 Å². The van der Waals surface area contributed by atoms with Crippen LogP contribution in [0, 0.1) is 0 Å². The highest BCUT2D eigenvalue weighted by Gasteiger charge is 2.32. The van der Waals surface area contributed by atoms with Crippen LogP contribution in [0.2, 0.25) is 0 Å². The van der Waals surface area contributed by atoms with Crippen molar-refractivity contribution in [1.82, 2.24) is 0 Å². The molecule has 1 aromatic carbocycles. The minimum atomic E-state index is -4.71. The molecule has 1 atom stereocenters. The van der Waals surface area contributed by atoms with Crippen LogP contribution in [-0.4, -0.2) is 12.9 Å². The second kappa shape index (κ2) is 5.18. The van der Waals surface area contributed by atoms with Gasteiger partial charge in [-0.3, -0.25) is 0 Å². The van der Waals surface area contributed by atoms with E-state index in [0.29, 0.717) is 18.5 Å². The maximum absolute atomic E-state index is 12.1. The number of nitrogens with two attached hydrogens (primary N) is 2. The van der Waals surface area contributed by atoms with Gasteiger partial charge < -0.3 is 16.2 Å². The zero-order chi connectivity index (χ0) is 12.2. The summed E-state index contributed by atoms with van der Waals surface area (Å²) >= 11 is 0. The molecule has 1 aromatic rings. The molecule has 0 bridgehead atoms. The van der Waals surface area contributed by atoms with E-state index in [9.17, 15) is 13.2 Å². The molecule has 16 heavy (non-hydrogen) atoms. The van der Waals surface area contributed by atoms with Crippen molar-refractivity contribution in [3.8, 4) is 5.75 Å². The molecule has 1 rings (SSSR count). The normalized spacial score (nSPS) is 13.6. The molecule has 0 aliphatic heterocycles. The molecule has 4 N–H and O–H groups in total. The van der Waals surface area contributed by atoms with Crippen LogP contribution in [0.5, 0.6) is 5.75 Å². The first-order valence-corrected chi connectivity index (χ1v) is 4.74. The molecule has 3 nitrogen and oxygen atoms in total. The minimum absolute atomic E-state index is 0.268. The second-order valence-corrected chi connectivity index (χ2v) is 3.27. The zero-order valence-corrected chi connectivity index (χ0v) is 8.50. The summed E-state index contributed by atoms with van der Waals surface area (Å²) in [5.74, 6) is -0.268. The Bertz CT molecular complexity index is 341. The average molecular weight is 234 g/mol. The van der Waals surface area contributed by atoms with Crippen LogP contribution < -0.4 is 16.2 Å². The molecule has 0 amide bonds. The lowest BCUT2D eigenvalue weighted by molar-refractivity contribution is -0.275. The Balaban J connectivity index is 2.91.